The van der Waals surface area contributed by atoms with E-state index in [0.29, 0.717) is 11.8 Å². The van der Waals surface area contributed by atoms with Crippen LogP contribution in [0.25, 0.3) is 0 Å². The molecule has 2 aliphatic rings. The summed E-state index contributed by atoms with van der Waals surface area (Å²) in [6, 6.07) is 6.10. The molecular formula is C12H16N2O. The molecule has 1 unspecified atom stereocenters. The van der Waals surface area contributed by atoms with Gasteiger partial charge in [0, 0.05) is 18.7 Å². The predicted octanol–water partition coefficient (Wildman–Crippen LogP) is 2.40. The summed E-state index contributed by atoms with van der Waals surface area (Å²) in [4.78, 5) is 0. The second-order valence-corrected chi connectivity index (χ2v) is 4.53. The van der Waals surface area contributed by atoms with Gasteiger partial charge in [0.2, 0.25) is 0 Å². The fourth-order valence-corrected chi connectivity index (χ4v) is 2.29. The van der Waals surface area contributed by atoms with E-state index in [-0.39, 0.29) is 0 Å². The number of phenolic OH excluding ortho intramolecular Hbond substituents is 1. The molecule has 0 aromatic heterocycles. The minimum absolute atomic E-state index is 0.327. The number of rotatable bonds is 1. The van der Waals surface area contributed by atoms with Crippen molar-refractivity contribution in [2.45, 2.75) is 25.3 Å². The summed E-state index contributed by atoms with van der Waals surface area (Å²) in [6.45, 7) is 0.991. The van der Waals surface area contributed by atoms with E-state index in [1.165, 1.54) is 19.3 Å². The molecule has 3 heteroatoms. The summed E-state index contributed by atoms with van der Waals surface area (Å²) in [5.74, 6) is 1.19. The fraction of sp³-hybridized carbons (Fsp3) is 0.500. The number of hydrogen-bond acceptors (Lipinski definition) is 3. The van der Waals surface area contributed by atoms with E-state index >= 15 is 0 Å². The number of anilines is 2. The fourth-order valence-electron chi connectivity index (χ4n) is 2.29. The summed E-state index contributed by atoms with van der Waals surface area (Å²) in [6.07, 6.45) is 3.90. The molecule has 0 spiro atoms. The van der Waals surface area contributed by atoms with E-state index in [9.17, 15) is 5.11 Å². The quantitative estimate of drug-likeness (QED) is 0.615. The molecule has 0 radical (unpaired) electrons. The van der Waals surface area contributed by atoms with Gasteiger partial charge in [0.1, 0.15) is 5.75 Å². The highest BCUT2D eigenvalue weighted by Gasteiger charge is 2.32. The average molecular weight is 204 g/mol. The lowest BCUT2D eigenvalue weighted by Crippen LogP contribution is -2.21. The Balaban J connectivity index is 1.88. The Kier molecular flexibility index (Phi) is 1.97. The van der Waals surface area contributed by atoms with Crippen LogP contribution in [0.15, 0.2) is 18.2 Å². The Bertz CT molecular complexity index is 374. The zero-order valence-electron chi connectivity index (χ0n) is 8.66. The summed E-state index contributed by atoms with van der Waals surface area (Å²) in [5.41, 5.74) is 2.15. The number of hydrogen-bond donors (Lipinski definition) is 3. The molecule has 1 aliphatic heterocycles. The van der Waals surface area contributed by atoms with Crippen molar-refractivity contribution in [2.75, 3.05) is 17.2 Å². The van der Waals surface area contributed by atoms with Crippen LogP contribution in [-0.2, 0) is 0 Å². The van der Waals surface area contributed by atoms with Gasteiger partial charge in [-0.3, -0.25) is 0 Å². The van der Waals surface area contributed by atoms with Gasteiger partial charge in [-0.1, -0.05) is 0 Å². The van der Waals surface area contributed by atoms with Crippen LogP contribution in [0.2, 0.25) is 0 Å². The number of aromatic hydroxyl groups is 1. The maximum atomic E-state index is 9.40. The van der Waals surface area contributed by atoms with Gasteiger partial charge in [-0.15, -0.1) is 0 Å². The molecule has 1 aromatic carbocycles. The van der Waals surface area contributed by atoms with Crippen molar-refractivity contribution in [1.82, 2.24) is 0 Å². The van der Waals surface area contributed by atoms with Gasteiger partial charge in [0.05, 0.1) is 11.4 Å². The molecular weight excluding hydrogens is 188 g/mol. The molecule has 0 saturated heterocycles. The van der Waals surface area contributed by atoms with Crippen molar-refractivity contribution < 1.29 is 5.11 Å². The van der Waals surface area contributed by atoms with E-state index in [4.69, 9.17) is 0 Å². The van der Waals surface area contributed by atoms with Crippen molar-refractivity contribution in [3.63, 3.8) is 0 Å². The standard InChI is InChI=1S/C12H16N2O/c15-9-3-4-11-12(7-9)13-6-5-10(14-11)8-1-2-8/h3-4,7-8,10,13-15H,1-2,5-6H2. The first-order valence-corrected chi connectivity index (χ1v) is 5.66. The summed E-state index contributed by atoms with van der Waals surface area (Å²) in [7, 11) is 0. The minimum Gasteiger partial charge on any atom is -0.508 e. The van der Waals surface area contributed by atoms with Crippen LogP contribution in [-0.4, -0.2) is 17.7 Å². The van der Waals surface area contributed by atoms with Crippen molar-refractivity contribution >= 4 is 11.4 Å². The van der Waals surface area contributed by atoms with Crippen LogP contribution in [0.3, 0.4) is 0 Å². The zero-order chi connectivity index (χ0) is 10.3. The Morgan fingerprint density at radius 3 is 2.80 bits per heavy atom. The molecule has 1 aliphatic carbocycles. The topological polar surface area (TPSA) is 44.3 Å². The van der Waals surface area contributed by atoms with Gasteiger partial charge in [-0.05, 0) is 37.3 Å². The molecule has 0 bridgehead atoms. The zero-order valence-corrected chi connectivity index (χ0v) is 8.66. The number of fused-ring (bicyclic) bond motifs is 1. The van der Waals surface area contributed by atoms with Crippen LogP contribution < -0.4 is 10.6 Å². The first-order chi connectivity index (χ1) is 7.33. The smallest absolute Gasteiger partial charge is 0.117 e. The first-order valence-electron chi connectivity index (χ1n) is 5.66. The molecule has 1 aromatic rings. The minimum atomic E-state index is 0.327. The van der Waals surface area contributed by atoms with Crippen molar-refractivity contribution in [3.05, 3.63) is 18.2 Å². The Morgan fingerprint density at radius 1 is 1.13 bits per heavy atom. The third-order valence-corrected chi connectivity index (χ3v) is 3.31. The summed E-state index contributed by atoms with van der Waals surface area (Å²) in [5, 5.41) is 16.3. The molecule has 80 valence electrons. The van der Waals surface area contributed by atoms with E-state index in [1.807, 2.05) is 6.07 Å². The maximum absolute atomic E-state index is 9.40. The third-order valence-electron chi connectivity index (χ3n) is 3.31. The highest BCUT2D eigenvalue weighted by molar-refractivity contribution is 5.71. The average Bonchev–Trinajstić information content (AvgIpc) is 3.02. The maximum Gasteiger partial charge on any atom is 0.117 e. The van der Waals surface area contributed by atoms with Gasteiger partial charge >= 0.3 is 0 Å². The van der Waals surface area contributed by atoms with Crippen LogP contribution in [0.1, 0.15) is 19.3 Å². The van der Waals surface area contributed by atoms with Gasteiger partial charge in [-0.2, -0.15) is 0 Å². The lowest BCUT2D eigenvalue weighted by atomic mass is 10.1. The van der Waals surface area contributed by atoms with E-state index in [1.54, 1.807) is 12.1 Å². The van der Waals surface area contributed by atoms with Crippen molar-refractivity contribution in [1.29, 1.82) is 0 Å². The molecule has 1 saturated carbocycles. The second-order valence-electron chi connectivity index (χ2n) is 4.53. The van der Waals surface area contributed by atoms with Crippen LogP contribution in [0.4, 0.5) is 11.4 Å². The predicted molar refractivity (Wildman–Crippen MR) is 61.3 cm³/mol. The number of benzene rings is 1. The van der Waals surface area contributed by atoms with E-state index in [0.717, 1.165) is 23.8 Å². The lowest BCUT2D eigenvalue weighted by Gasteiger charge is -2.16. The van der Waals surface area contributed by atoms with Gasteiger partial charge in [0.25, 0.3) is 0 Å². The van der Waals surface area contributed by atoms with Gasteiger partial charge in [0.15, 0.2) is 0 Å². The lowest BCUT2D eigenvalue weighted by molar-refractivity contribution is 0.475. The number of nitrogens with one attached hydrogen (secondary N) is 2. The van der Waals surface area contributed by atoms with Crippen LogP contribution >= 0.6 is 0 Å². The van der Waals surface area contributed by atoms with Crippen LogP contribution in [0.5, 0.6) is 5.75 Å². The highest BCUT2D eigenvalue weighted by atomic mass is 16.3. The molecule has 15 heavy (non-hydrogen) atoms. The Morgan fingerprint density at radius 2 is 2.00 bits per heavy atom. The first kappa shape index (κ1) is 8.89. The van der Waals surface area contributed by atoms with Gasteiger partial charge < -0.3 is 15.7 Å². The summed E-state index contributed by atoms with van der Waals surface area (Å²) >= 11 is 0. The van der Waals surface area contributed by atoms with Gasteiger partial charge in [-0.25, -0.2) is 0 Å². The van der Waals surface area contributed by atoms with Crippen LogP contribution in [0, 0.1) is 5.92 Å². The molecule has 3 N–H and O–H groups in total. The van der Waals surface area contributed by atoms with E-state index in [2.05, 4.69) is 10.6 Å². The second kappa shape index (κ2) is 3.33. The van der Waals surface area contributed by atoms with Crippen molar-refractivity contribution in [3.8, 4) is 5.75 Å². The monoisotopic (exact) mass is 204 g/mol. The number of phenols is 1. The Hall–Kier alpha value is -1.38. The molecule has 3 nitrogen and oxygen atoms in total. The normalized spacial score (nSPS) is 24.7. The molecule has 3 rings (SSSR count). The molecule has 0 amide bonds. The third kappa shape index (κ3) is 1.74. The molecule has 1 heterocycles. The largest absolute Gasteiger partial charge is 0.508 e. The SMILES string of the molecule is Oc1ccc2c(c1)NCCC(C1CC1)N2. The highest BCUT2D eigenvalue weighted by Crippen LogP contribution is 2.38. The van der Waals surface area contributed by atoms with E-state index < -0.39 is 0 Å². The molecule has 1 atom stereocenters. The summed E-state index contributed by atoms with van der Waals surface area (Å²) < 4.78 is 0. The Labute approximate surface area is 89.5 Å². The van der Waals surface area contributed by atoms with Crippen molar-refractivity contribution in [2.24, 2.45) is 5.92 Å². The molecule has 1 fully saturated rings.